The molecule has 1 nitrogen and oxygen atoms in total. The van der Waals surface area contributed by atoms with E-state index >= 15 is 0 Å². The molecule has 1 rings (SSSR count). The van der Waals surface area contributed by atoms with E-state index in [-0.39, 0.29) is 0 Å². The third kappa shape index (κ3) is 2.05. The zero-order valence-electron chi connectivity index (χ0n) is 6.34. The minimum atomic E-state index is 0.404. The van der Waals surface area contributed by atoms with E-state index < -0.39 is 0 Å². The molecule has 2 heteroatoms. The fraction of sp³-hybridized carbons (Fsp3) is 0.222. The largest absolute Gasteiger partial charge is 0.323 e. The second-order valence-corrected chi connectivity index (χ2v) is 2.74. The van der Waals surface area contributed by atoms with Crippen molar-refractivity contribution in [2.24, 2.45) is 0 Å². The zero-order valence-corrected chi connectivity index (χ0v) is 7.10. The lowest BCUT2D eigenvalue weighted by atomic mass is 10.1. The first kappa shape index (κ1) is 8.28. The SMILES string of the molecule is CCC(=[OH+])c1ccc(Cl)cc1. The first-order valence-electron chi connectivity index (χ1n) is 3.54. The molecule has 0 atom stereocenters. The molecule has 0 heterocycles. The highest BCUT2D eigenvalue weighted by atomic mass is 35.5. The Hall–Kier alpha value is -0.820. The summed E-state index contributed by atoms with van der Waals surface area (Å²) in [6, 6.07) is 7.15. The molecule has 0 aliphatic rings. The number of halogens is 1. The predicted molar refractivity (Wildman–Crippen MR) is 47.8 cm³/mol. The summed E-state index contributed by atoms with van der Waals surface area (Å²) in [6.07, 6.45) is 0.654. The van der Waals surface area contributed by atoms with Gasteiger partial charge in [0.25, 0.3) is 0 Å². The Labute approximate surface area is 71.0 Å². The predicted octanol–water partition coefficient (Wildman–Crippen LogP) is 2.64. The van der Waals surface area contributed by atoms with Crippen LogP contribution in [0.1, 0.15) is 18.9 Å². The molecule has 0 saturated heterocycles. The van der Waals surface area contributed by atoms with Gasteiger partial charge in [-0.3, -0.25) is 4.79 Å². The molecule has 1 aromatic rings. The van der Waals surface area contributed by atoms with E-state index in [0.717, 1.165) is 5.56 Å². The van der Waals surface area contributed by atoms with Crippen molar-refractivity contribution in [2.45, 2.75) is 13.3 Å². The molecule has 0 spiro atoms. The van der Waals surface area contributed by atoms with Crippen molar-refractivity contribution in [3.05, 3.63) is 34.9 Å². The minimum absolute atomic E-state index is 0.404. The highest BCUT2D eigenvalue weighted by molar-refractivity contribution is 6.30. The molecule has 0 fully saturated rings. The fourth-order valence-corrected chi connectivity index (χ4v) is 0.972. The average Bonchev–Trinajstić information content (AvgIpc) is 2.05. The molecule has 0 saturated carbocycles. The number of carbonyl (C=O) groups excluding carboxylic acids is 1. The Bertz CT molecular complexity index is 251. The van der Waals surface area contributed by atoms with E-state index in [1.165, 1.54) is 0 Å². The van der Waals surface area contributed by atoms with Crippen LogP contribution < -0.4 is 0 Å². The van der Waals surface area contributed by atoms with Crippen LogP contribution >= 0.6 is 11.6 Å². The van der Waals surface area contributed by atoms with Crippen molar-refractivity contribution in [3.63, 3.8) is 0 Å². The molecule has 11 heavy (non-hydrogen) atoms. The highest BCUT2D eigenvalue weighted by Gasteiger charge is 2.07. The van der Waals surface area contributed by atoms with Gasteiger partial charge in [0, 0.05) is 5.02 Å². The Morgan fingerprint density at radius 1 is 1.36 bits per heavy atom. The Balaban J connectivity index is 2.90. The quantitative estimate of drug-likeness (QED) is 0.480. The molecule has 0 aliphatic heterocycles. The van der Waals surface area contributed by atoms with Crippen molar-refractivity contribution < 1.29 is 4.79 Å². The Morgan fingerprint density at radius 2 is 1.91 bits per heavy atom. The summed E-state index contributed by atoms with van der Waals surface area (Å²) in [6.45, 7) is 1.91. The van der Waals surface area contributed by atoms with Crippen LogP contribution in [0.25, 0.3) is 0 Å². The van der Waals surface area contributed by atoms with Crippen LogP contribution in [0.15, 0.2) is 24.3 Å². The van der Waals surface area contributed by atoms with Crippen LogP contribution in [0.3, 0.4) is 0 Å². The Morgan fingerprint density at radius 3 is 2.36 bits per heavy atom. The first-order chi connectivity index (χ1) is 5.24. The van der Waals surface area contributed by atoms with Crippen LogP contribution in [-0.2, 0) is 0 Å². The molecule has 0 bridgehead atoms. The summed E-state index contributed by atoms with van der Waals surface area (Å²) in [5.74, 6) is 0.404. The number of benzene rings is 1. The summed E-state index contributed by atoms with van der Waals surface area (Å²) >= 11 is 5.67. The fourth-order valence-electron chi connectivity index (χ4n) is 0.846. The van der Waals surface area contributed by atoms with E-state index in [4.69, 9.17) is 11.6 Å². The third-order valence-corrected chi connectivity index (χ3v) is 1.76. The normalized spacial score (nSPS) is 9.64. The van der Waals surface area contributed by atoms with E-state index in [1.807, 2.05) is 6.92 Å². The van der Waals surface area contributed by atoms with Gasteiger partial charge in [-0.15, -0.1) is 0 Å². The van der Waals surface area contributed by atoms with Gasteiger partial charge in [-0.25, -0.2) is 0 Å². The summed E-state index contributed by atoms with van der Waals surface area (Å²) in [4.78, 5) is 9.29. The van der Waals surface area contributed by atoms with Crippen molar-refractivity contribution >= 4 is 17.4 Å². The molecular formula is C9H10ClO+. The third-order valence-electron chi connectivity index (χ3n) is 1.51. The molecule has 1 aromatic carbocycles. The molecule has 0 aromatic heterocycles. The van der Waals surface area contributed by atoms with Crippen molar-refractivity contribution in [3.8, 4) is 0 Å². The first-order valence-corrected chi connectivity index (χ1v) is 3.92. The second kappa shape index (κ2) is 3.54. The minimum Gasteiger partial charge on any atom is -0.278 e. The van der Waals surface area contributed by atoms with Crippen molar-refractivity contribution in [2.75, 3.05) is 0 Å². The van der Waals surface area contributed by atoms with Crippen LogP contribution in [0.2, 0.25) is 5.02 Å². The lowest BCUT2D eigenvalue weighted by molar-refractivity contribution is 0.665. The van der Waals surface area contributed by atoms with Crippen LogP contribution in [0, 0.1) is 0 Å². The van der Waals surface area contributed by atoms with Gasteiger partial charge in [-0.05, 0) is 24.3 Å². The maximum Gasteiger partial charge on any atom is 0.323 e. The van der Waals surface area contributed by atoms with Gasteiger partial charge >= 0.3 is 5.78 Å². The number of hydrogen-bond acceptors (Lipinski definition) is 0. The summed E-state index contributed by atoms with van der Waals surface area (Å²) in [7, 11) is 0. The Kier molecular flexibility index (Phi) is 2.66. The lowest BCUT2D eigenvalue weighted by Gasteiger charge is -1.91. The standard InChI is InChI=1S/C9H9ClO/c1-2-9(11)7-3-5-8(10)6-4-7/h3-6H,2H2,1H3/p+1. The van der Waals surface area contributed by atoms with Gasteiger partial charge < -0.3 is 0 Å². The van der Waals surface area contributed by atoms with E-state index in [0.29, 0.717) is 17.2 Å². The monoisotopic (exact) mass is 169 g/mol. The van der Waals surface area contributed by atoms with Crippen LogP contribution in [0.5, 0.6) is 0 Å². The van der Waals surface area contributed by atoms with Gasteiger partial charge in [0.05, 0.1) is 12.0 Å². The van der Waals surface area contributed by atoms with Crippen molar-refractivity contribution in [1.29, 1.82) is 0 Å². The number of rotatable bonds is 2. The van der Waals surface area contributed by atoms with Gasteiger partial charge in [-0.1, -0.05) is 18.5 Å². The molecule has 58 valence electrons. The summed E-state index contributed by atoms with van der Waals surface area (Å²) in [5, 5.41) is 0.692. The van der Waals surface area contributed by atoms with E-state index in [1.54, 1.807) is 24.3 Å². The molecule has 1 N–H and O–H groups in total. The molecule has 0 unspecified atom stereocenters. The van der Waals surface area contributed by atoms with Gasteiger partial charge in [0.15, 0.2) is 0 Å². The topological polar surface area (TPSA) is 21.4 Å². The lowest BCUT2D eigenvalue weighted by Crippen LogP contribution is -1.96. The van der Waals surface area contributed by atoms with Gasteiger partial charge in [0.1, 0.15) is 0 Å². The van der Waals surface area contributed by atoms with Crippen LogP contribution in [0.4, 0.5) is 0 Å². The number of hydrogen-bond donors (Lipinski definition) is 0. The van der Waals surface area contributed by atoms with Crippen LogP contribution in [-0.4, -0.2) is 10.6 Å². The highest BCUT2D eigenvalue weighted by Crippen LogP contribution is 2.10. The van der Waals surface area contributed by atoms with E-state index in [2.05, 4.69) is 0 Å². The summed E-state index contributed by atoms with van der Waals surface area (Å²) < 4.78 is 0. The summed E-state index contributed by atoms with van der Waals surface area (Å²) in [5.41, 5.74) is 0.844. The van der Waals surface area contributed by atoms with E-state index in [9.17, 15) is 4.79 Å². The van der Waals surface area contributed by atoms with Gasteiger partial charge in [-0.2, -0.15) is 0 Å². The maximum atomic E-state index is 9.29. The average molecular weight is 170 g/mol. The number of ketones is 1. The molecule has 0 amide bonds. The molecule has 0 aliphatic carbocycles. The maximum absolute atomic E-state index is 9.29. The van der Waals surface area contributed by atoms with Gasteiger partial charge in [0.2, 0.25) is 0 Å². The zero-order chi connectivity index (χ0) is 8.27. The second-order valence-electron chi connectivity index (χ2n) is 2.31. The molecule has 0 radical (unpaired) electrons. The molecular weight excluding hydrogens is 160 g/mol. The smallest absolute Gasteiger partial charge is 0.278 e. The van der Waals surface area contributed by atoms with Crippen molar-refractivity contribution in [1.82, 2.24) is 0 Å².